The van der Waals surface area contributed by atoms with Crippen molar-refractivity contribution in [2.24, 2.45) is 0 Å². The highest BCUT2D eigenvalue weighted by Crippen LogP contribution is 2.34. The zero-order chi connectivity index (χ0) is 20.6. The zero-order valence-corrected chi connectivity index (χ0v) is 17.1. The van der Waals surface area contributed by atoms with Crippen molar-refractivity contribution in [2.45, 2.75) is 50.0 Å². The van der Waals surface area contributed by atoms with Gasteiger partial charge < -0.3 is 14.5 Å². The summed E-state index contributed by atoms with van der Waals surface area (Å²) in [6.07, 6.45) is -1.07. The molecule has 29 heavy (non-hydrogen) atoms. The van der Waals surface area contributed by atoms with Crippen LogP contribution >= 0.6 is 15.9 Å². The molecule has 10 heteroatoms. The lowest BCUT2D eigenvalue weighted by atomic mass is 9.89. The van der Waals surface area contributed by atoms with Gasteiger partial charge in [-0.1, -0.05) is 0 Å². The predicted molar refractivity (Wildman–Crippen MR) is 103 cm³/mol. The number of aromatic nitrogens is 1. The van der Waals surface area contributed by atoms with Crippen molar-refractivity contribution in [1.29, 1.82) is 5.26 Å². The molecule has 2 aliphatic rings. The van der Waals surface area contributed by atoms with E-state index in [4.69, 9.17) is 14.4 Å². The van der Waals surface area contributed by atoms with E-state index in [1.165, 1.54) is 0 Å². The van der Waals surface area contributed by atoms with Crippen molar-refractivity contribution in [3.8, 4) is 6.07 Å². The minimum Gasteiger partial charge on any atom is -0.444 e. The molecule has 0 amide bonds. The molecule has 1 aliphatic heterocycles. The van der Waals surface area contributed by atoms with Gasteiger partial charge in [0.25, 0.3) is 0 Å². The van der Waals surface area contributed by atoms with Crippen LogP contribution in [-0.2, 0) is 4.74 Å². The first-order chi connectivity index (χ1) is 13.8. The van der Waals surface area contributed by atoms with Crippen LogP contribution in [0.2, 0.25) is 0 Å². The van der Waals surface area contributed by atoms with E-state index in [0.29, 0.717) is 17.9 Å². The third-order valence-corrected chi connectivity index (χ3v) is 6.45. The molecule has 0 bridgehead atoms. The molecule has 0 radical (unpaired) electrons. The fourth-order valence-electron chi connectivity index (χ4n) is 4.11. The Bertz CT molecular complexity index is 919. The Balaban J connectivity index is 1.36. The van der Waals surface area contributed by atoms with Gasteiger partial charge in [0.15, 0.2) is 11.7 Å². The molecule has 1 atom stereocenters. The number of halogens is 4. The van der Waals surface area contributed by atoms with Crippen LogP contribution < -0.4 is 5.32 Å². The standard InChI is InChI=1S/C19H20BrF3N4O2/c20-17-14-7-13(8-24)29-15(14)9-25-18(17)26-11-1-3-12(4-2-11)27-5-6-28-16(10-27)19(21,22)23/h7,9,11-12,16H,1-6,10H2,(H,25,26). The Kier molecular flexibility index (Phi) is 5.73. The number of anilines is 1. The molecule has 1 N–H and O–H groups in total. The second kappa shape index (κ2) is 8.13. The lowest BCUT2D eigenvalue weighted by Gasteiger charge is -2.41. The quantitative estimate of drug-likeness (QED) is 0.711. The van der Waals surface area contributed by atoms with E-state index in [-0.39, 0.29) is 31.0 Å². The second-order valence-electron chi connectivity index (χ2n) is 7.47. The third kappa shape index (κ3) is 4.37. The van der Waals surface area contributed by atoms with Crippen LogP contribution in [0.15, 0.2) is 21.2 Å². The largest absolute Gasteiger partial charge is 0.444 e. The minimum absolute atomic E-state index is 0.0856. The molecule has 0 spiro atoms. The third-order valence-electron chi connectivity index (χ3n) is 5.64. The highest BCUT2D eigenvalue weighted by atomic mass is 79.9. The van der Waals surface area contributed by atoms with Crippen LogP contribution in [0.25, 0.3) is 11.0 Å². The molecule has 156 valence electrons. The Labute approximate surface area is 174 Å². The summed E-state index contributed by atoms with van der Waals surface area (Å²) < 4.78 is 49.9. The molecule has 1 aliphatic carbocycles. The van der Waals surface area contributed by atoms with Crippen molar-refractivity contribution in [1.82, 2.24) is 9.88 Å². The first-order valence-corrected chi connectivity index (χ1v) is 10.3. The van der Waals surface area contributed by atoms with Crippen molar-refractivity contribution < 1.29 is 22.3 Å². The lowest BCUT2D eigenvalue weighted by molar-refractivity contribution is -0.240. The number of nitrogens with one attached hydrogen (secondary N) is 1. The topological polar surface area (TPSA) is 74.3 Å². The molecule has 2 aromatic rings. The second-order valence-corrected chi connectivity index (χ2v) is 8.26. The number of nitrogens with zero attached hydrogens (tertiary/aromatic N) is 3. The van der Waals surface area contributed by atoms with Gasteiger partial charge in [0.2, 0.25) is 5.76 Å². The molecular weight excluding hydrogens is 453 g/mol. The van der Waals surface area contributed by atoms with Gasteiger partial charge in [-0.25, -0.2) is 4.98 Å². The summed E-state index contributed by atoms with van der Waals surface area (Å²) in [5.41, 5.74) is 0.536. The maximum Gasteiger partial charge on any atom is 0.415 e. The van der Waals surface area contributed by atoms with Gasteiger partial charge in [-0.15, -0.1) is 0 Å². The normalized spacial score (nSPS) is 26.4. The number of furan rings is 1. The zero-order valence-electron chi connectivity index (χ0n) is 15.5. The maximum absolute atomic E-state index is 13.0. The van der Waals surface area contributed by atoms with Gasteiger partial charge in [-0.05, 0) is 41.6 Å². The highest BCUT2D eigenvalue weighted by molar-refractivity contribution is 9.10. The molecule has 6 nitrogen and oxygen atoms in total. The van der Waals surface area contributed by atoms with Crippen molar-refractivity contribution in [3.05, 3.63) is 22.5 Å². The molecule has 0 aromatic carbocycles. The Morgan fingerprint density at radius 3 is 2.72 bits per heavy atom. The summed E-state index contributed by atoms with van der Waals surface area (Å²) in [6, 6.07) is 3.97. The molecule has 1 saturated carbocycles. The molecule has 2 aromatic heterocycles. The van der Waals surface area contributed by atoms with Gasteiger partial charge >= 0.3 is 6.18 Å². The highest BCUT2D eigenvalue weighted by Gasteiger charge is 2.44. The fourth-order valence-corrected chi connectivity index (χ4v) is 4.64. The predicted octanol–water partition coefficient (Wildman–Crippen LogP) is 4.45. The van der Waals surface area contributed by atoms with E-state index < -0.39 is 12.3 Å². The summed E-state index contributed by atoms with van der Waals surface area (Å²) in [4.78, 5) is 6.30. The van der Waals surface area contributed by atoms with E-state index in [9.17, 15) is 13.2 Å². The number of nitriles is 1. The van der Waals surface area contributed by atoms with E-state index in [1.54, 1.807) is 12.3 Å². The molecular formula is C19H20BrF3N4O2. The van der Waals surface area contributed by atoms with E-state index in [1.807, 2.05) is 11.0 Å². The fraction of sp³-hybridized carbons (Fsp3) is 0.579. The van der Waals surface area contributed by atoms with Gasteiger partial charge in [0.05, 0.1) is 17.3 Å². The lowest BCUT2D eigenvalue weighted by Crippen LogP contribution is -2.53. The van der Waals surface area contributed by atoms with E-state index >= 15 is 0 Å². The summed E-state index contributed by atoms with van der Waals surface area (Å²) >= 11 is 3.53. The van der Waals surface area contributed by atoms with Gasteiger partial charge in [-0.2, -0.15) is 18.4 Å². The monoisotopic (exact) mass is 472 g/mol. The van der Waals surface area contributed by atoms with Crippen molar-refractivity contribution >= 4 is 32.7 Å². The smallest absolute Gasteiger partial charge is 0.415 e. The Morgan fingerprint density at radius 1 is 1.28 bits per heavy atom. The number of fused-ring (bicyclic) bond motifs is 1. The summed E-state index contributed by atoms with van der Waals surface area (Å²) in [5.74, 6) is 0.901. The first-order valence-electron chi connectivity index (χ1n) is 9.52. The summed E-state index contributed by atoms with van der Waals surface area (Å²) in [6.45, 7) is 0.577. The molecule has 3 heterocycles. The number of pyridine rings is 1. The SMILES string of the molecule is N#Cc1cc2c(Br)c(NC3CCC(N4CCOC(C(F)(F)F)C4)CC3)ncc2o1. The molecule has 1 saturated heterocycles. The maximum atomic E-state index is 13.0. The summed E-state index contributed by atoms with van der Waals surface area (Å²) in [5, 5.41) is 13.2. The molecule has 4 rings (SSSR count). The average molecular weight is 473 g/mol. The van der Waals surface area contributed by atoms with E-state index in [0.717, 1.165) is 35.5 Å². The van der Waals surface area contributed by atoms with Crippen LogP contribution in [0.4, 0.5) is 19.0 Å². The number of alkyl halides is 3. The van der Waals surface area contributed by atoms with E-state index in [2.05, 4.69) is 26.2 Å². The van der Waals surface area contributed by atoms with Crippen LogP contribution in [0, 0.1) is 11.3 Å². The average Bonchev–Trinajstić information content (AvgIpc) is 3.14. The van der Waals surface area contributed by atoms with Crippen LogP contribution in [0.1, 0.15) is 31.4 Å². The van der Waals surface area contributed by atoms with Gasteiger partial charge in [0.1, 0.15) is 11.9 Å². The van der Waals surface area contributed by atoms with Crippen LogP contribution in [0.3, 0.4) is 0 Å². The number of hydrogen-bond donors (Lipinski definition) is 1. The molecule has 1 unspecified atom stereocenters. The number of hydrogen-bond acceptors (Lipinski definition) is 6. The van der Waals surface area contributed by atoms with Crippen molar-refractivity contribution in [3.63, 3.8) is 0 Å². The number of morpholine rings is 1. The Hall–Kier alpha value is -1.83. The Morgan fingerprint density at radius 2 is 2.03 bits per heavy atom. The molecule has 2 fully saturated rings. The first kappa shape index (κ1) is 20.4. The number of ether oxygens (including phenoxy) is 1. The van der Waals surface area contributed by atoms with Crippen LogP contribution in [0.5, 0.6) is 0 Å². The summed E-state index contributed by atoms with van der Waals surface area (Å²) in [7, 11) is 0. The minimum atomic E-state index is -4.31. The van der Waals surface area contributed by atoms with Gasteiger partial charge in [-0.3, -0.25) is 4.90 Å². The number of rotatable bonds is 3. The van der Waals surface area contributed by atoms with Gasteiger partial charge in [0, 0.05) is 36.6 Å². The van der Waals surface area contributed by atoms with Crippen molar-refractivity contribution in [2.75, 3.05) is 25.0 Å². The van der Waals surface area contributed by atoms with Crippen LogP contribution in [-0.4, -0.2) is 53.9 Å².